The molecule has 1 amide bonds. The second kappa shape index (κ2) is 9.24. The van der Waals surface area contributed by atoms with Gasteiger partial charge >= 0.3 is 0 Å². The van der Waals surface area contributed by atoms with E-state index in [4.69, 9.17) is 14.2 Å². The predicted molar refractivity (Wildman–Crippen MR) is 133 cm³/mol. The highest BCUT2D eigenvalue weighted by molar-refractivity contribution is 5.98. The first-order valence-electron chi connectivity index (χ1n) is 11.1. The van der Waals surface area contributed by atoms with Crippen molar-refractivity contribution in [3.63, 3.8) is 0 Å². The van der Waals surface area contributed by atoms with Crippen LogP contribution in [0.25, 0.3) is 10.8 Å². The summed E-state index contributed by atoms with van der Waals surface area (Å²) in [5.74, 6) is 0.801. The molecule has 172 valence electrons. The number of ether oxygens (including phenoxy) is 3. The fraction of sp³-hybridized carbons (Fsp3) is 0.103. The zero-order valence-electron chi connectivity index (χ0n) is 19.2. The number of benzene rings is 4. The largest absolute Gasteiger partial charge is 0.496 e. The number of carbonyl (C=O) groups is 1. The number of hydrogen-bond donors (Lipinski definition) is 1. The fourth-order valence-corrected chi connectivity index (χ4v) is 4.48. The number of nitrogens with one attached hydrogen (secondary N) is 1. The molecule has 1 aliphatic heterocycles. The normalized spacial score (nSPS) is 14.5. The van der Waals surface area contributed by atoms with Crippen molar-refractivity contribution in [1.29, 1.82) is 5.26 Å². The molecule has 6 nitrogen and oxygen atoms in total. The zero-order valence-corrected chi connectivity index (χ0v) is 19.2. The van der Waals surface area contributed by atoms with Gasteiger partial charge in [-0.05, 0) is 23.6 Å². The van der Waals surface area contributed by atoms with Crippen molar-refractivity contribution in [2.45, 2.75) is 5.92 Å². The molecule has 0 unspecified atom stereocenters. The molecule has 0 radical (unpaired) electrons. The number of fused-ring (bicyclic) bond motifs is 3. The maximum atomic E-state index is 13.3. The monoisotopic (exact) mass is 462 g/mol. The molecule has 0 bridgehead atoms. The van der Waals surface area contributed by atoms with Gasteiger partial charge in [-0.3, -0.25) is 10.1 Å². The quantitative estimate of drug-likeness (QED) is 0.421. The minimum atomic E-state index is -0.502. The molecule has 6 heteroatoms. The molecule has 1 heterocycles. The van der Waals surface area contributed by atoms with E-state index in [1.807, 2.05) is 60.7 Å². The summed E-state index contributed by atoms with van der Waals surface area (Å²) < 4.78 is 17.3. The maximum absolute atomic E-state index is 13.3. The van der Waals surface area contributed by atoms with Gasteiger partial charge in [0.05, 0.1) is 25.7 Å². The third-order valence-electron chi connectivity index (χ3n) is 6.11. The Balaban J connectivity index is 1.71. The number of carbonyl (C=O) groups excluding carboxylic acids is 1. The standard InChI is InChI=1S/C29H22N2O4/c1-33-24-13-7-5-11-20(24)26-22-16-15-18-9-3-4-10-19(18)27(22)35-29(23(26)17-30)31-28(32)21-12-6-8-14-25(21)34-2/h3-16,26H,1-2H3,(H,31,32)/t26-/m1/s1. The lowest BCUT2D eigenvalue weighted by Crippen LogP contribution is -2.31. The van der Waals surface area contributed by atoms with Crippen LogP contribution in [0.3, 0.4) is 0 Å². The first-order chi connectivity index (χ1) is 17.2. The first kappa shape index (κ1) is 22.1. The van der Waals surface area contributed by atoms with Crippen molar-refractivity contribution in [2.24, 2.45) is 0 Å². The van der Waals surface area contributed by atoms with Crippen LogP contribution in [0.5, 0.6) is 17.2 Å². The van der Waals surface area contributed by atoms with Crippen molar-refractivity contribution in [3.8, 4) is 23.3 Å². The van der Waals surface area contributed by atoms with Crippen LogP contribution in [0.4, 0.5) is 0 Å². The highest BCUT2D eigenvalue weighted by Gasteiger charge is 2.35. The van der Waals surface area contributed by atoms with Crippen molar-refractivity contribution >= 4 is 16.7 Å². The summed E-state index contributed by atoms with van der Waals surface area (Å²) in [4.78, 5) is 13.3. The maximum Gasteiger partial charge on any atom is 0.261 e. The van der Waals surface area contributed by atoms with Crippen molar-refractivity contribution in [1.82, 2.24) is 5.32 Å². The van der Waals surface area contributed by atoms with Gasteiger partial charge in [0.25, 0.3) is 5.91 Å². The molecule has 0 aliphatic carbocycles. The molecule has 4 aromatic carbocycles. The second-order valence-corrected chi connectivity index (χ2v) is 7.99. The van der Waals surface area contributed by atoms with Gasteiger partial charge in [-0.25, -0.2) is 0 Å². The molecular formula is C29H22N2O4. The van der Waals surface area contributed by atoms with E-state index in [1.54, 1.807) is 31.4 Å². The number of methoxy groups -OCH3 is 2. The van der Waals surface area contributed by atoms with Gasteiger partial charge in [0, 0.05) is 16.5 Å². The van der Waals surface area contributed by atoms with E-state index >= 15 is 0 Å². The van der Waals surface area contributed by atoms with Crippen LogP contribution >= 0.6 is 0 Å². The molecule has 4 aromatic rings. The Hall–Kier alpha value is -4.76. The van der Waals surface area contributed by atoms with Gasteiger partial charge in [-0.2, -0.15) is 5.26 Å². The Morgan fingerprint density at radius 2 is 1.54 bits per heavy atom. The topological polar surface area (TPSA) is 80.6 Å². The predicted octanol–water partition coefficient (Wildman–Crippen LogP) is 5.55. The number of nitrogens with zero attached hydrogens (tertiary/aromatic N) is 1. The van der Waals surface area contributed by atoms with Crippen LogP contribution in [0.1, 0.15) is 27.4 Å². The number of rotatable bonds is 5. The smallest absolute Gasteiger partial charge is 0.261 e. The van der Waals surface area contributed by atoms with Crippen LogP contribution in [-0.2, 0) is 0 Å². The fourth-order valence-electron chi connectivity index (χ4n) is 4.48. The highest BCUT2D eigenvalue weighted by Crippen LogP contribution is 2.47. The zero-order chi connectivity index (χ0) is 24.4. The second-order valence-electron chi connectivity index (χ2n) is 7.99. The SMILES string of the molecule is COc1ccccc1C(=O)NC1=C(C#N)[C@H](c2ccccc2OC)c2ccc3ccccc3c2O1. The Labute approximate surface area is 203 Å². The van der Waals surface area contributed by atoms with Crippen LogP contribution in [0.15, 0.2) is 96.4 Å². The van der Waals surface area contributed by atoms with E-state index in [1.165, 1.54) is 7.11 Å². The first-order valence-corrected chi connectivity index (χ1v) is 11.1. The molecule has 0 aromatic heterocycles. The lowest BCUT2D eigenvalue weighted by atomic mass is 9.82. The van der Waals surface area contributed by atoms with Crippen LogP contribution in [0.2, 0.25) is 0 Å². The van der Waals surface area contributed by atoms with Crippen molar-refractivity contribution in [3.05, 3.63) is 113 Å². The van der Waals surface area contributed by atoms with E-state index in [9.17, 15) is 10.1 Å². The van der Waals surface area contributed by atoms with Gasteiger partial charge in [0.15, 0.2) is 0 Å². The Morgan fingerprint density at radius 3 is 2.31 bits per heavy atom. The average molecular weight is 463 g/mol. The number of para-hydroxylation sites is 2. The Bertz CT molecular complexity index is 1520. The summed E-state index contributed by atoms with van der Waals surface area (Å²) in [6.45, 7) is 0. The molecule has 1 aliphatic rings. The Morgan fingerprint density at radius 1 is 0.857 bits per heavy atom. The van der Waals surface area contributed by atoms with Gasteiger partial charge in [0.1, 0.15) is 28.9 Å². The molecule has 0 saturated carbocycles. The molecule has 35 heavy (non-hydrogen) atoms. The molecule has 1 atom stereocenters. The third-order valence-corrected chi connectivity index (χ3v) is 6.11. The van der Waals surface area contributed by atoms with Crippen LogP contribution in [0, 0.1) is 11.3 Å². The van der Waals surface area contributed by atoms with Gasteiger partial charge in [-0.1, -0.05) is 66.7 Å². The average Bonchev–Trinajstić information content (AvgIpc) is 2.92. The molecule has 0 fully saturated rings. The summed E-state index contributed by atoms with van der Waals surface area (Å²) in [7, 11) is 3.10. The summed E-state index contributed by atoms with van der Waals surface area (Å²) >= 11 is 0. The lowest BCUT2D eigenvalue weighted by Gasteiger charge is -2.30. The van der Waals surface area contributed by atoms with E-state index < -0.39 is 11.8 Å². The summed E-state index contributed by atoms with van der Waals surface area (Å²) in [5.41, 5.74) is 2.23. The van der Waals surface area contributed by atoms with Crippen molar-refractivity contribution in [2.75, 3.05) is 14.2 Å². The van der Waals surface area contributed by atoms with E-state index in [2.05, 4.69) is 11.4 Å². The van der Waals surface area contributed by atoms with Crippen LogP contribution < -0.4 is 19.5 Å². The molecular weight excluding hydrogens is 440 g/mol. The summed E-state index contributed by atoms with van der Waals surface area (Å²) in [6.07, 6.45) is 0. The summed E-state index contributed by atoms with van der Waals surface area (Å²) in [5, 5.41) is 15.0. The minimum absolute atomic E-state index is 0.0863. The molecule has 5 rings (SSSR count). The Kier molecular flexibility index (Phi) is 5.82. The molecule has 1 N–H and O–H groups in total. The van der Waals surface area contributed by atoms with E-state index in [0.717, 1.165) is 21.9 Å². The number of nitriles is 1. The number of hydrogen-bond acceptors (Lipinski definition) is 5. The van der Waals surface area contributed by atoms with Gasteiger partial charge in [-0.15, -0.1) is 0 Å². The van der Waals surface area contributed by atoms with E-state index in [-0.39, 0.29) is 11.5 Å². The summed E-state index contributed by atoms with van der Waals surface area (Å²) in [6, 6.07) is 28.5. The van der Waals surface area contributed by atoms with Gasteiger partial charge < -0.3 is 14.2 Å². The molecule has 0 spiro atoms. The van der Waals surface area contributed by atoms with E-state index in [0.29, 0.717) is 22.8 Å². The van der Waals surface area contributed by atoms with Crippen molar-refractivity contribution < 1.29 is 19.0 Å². The van der Waals surface area contributed by atoms with Crippen LogP contribution in [-0.4, -0.2) is 20.1 Å². The number of amides is 1. The third kappa shape index (κ3) is 3.83. The molecule has 0 saturated heterocycles. The highest BCUT2D eigenvalue weighted by atomic mass is 16.5. The number of allylic oxidation sites excluding steroid dienone is 1. The van der Waals surface area contributed by atoms with Gasteiger partial charge in [0.2, 0.25) is 5.88 Å². The minimum Gasteiger partial charge on any atom is -0.496 e. The lowest BCUT2D eigenvalue weighted by molar-refractivity contribution is 0.0945.